The van der Waals surface area contributed by atoms with E-state index >= 15 is 0 Å². The molecule has 0 aliphatic rings. The van der Waals surface area contributed by atoms with E-state index in [-0.39, 0.29) is 19.0 Å². The van der Waals surface area contributed by atoms with Crippen molar-refractivity contribution in [3.63, 3.8) is 0 Å². The van der Waals surface area contributed by atoms with Crippen LogP contribution in [-0.2, 0) is 0 Å². The maximum Gasteiger partial charge on any atom is 0.319 e. The second-order valence-corrected chi connectivity index (χ2v) is 4.62. The Balaban J connectivity index is 1.68. The zero-order chi connectivity index (χ0) is 15.8. The van der Waals surface area contributed by atoms with Crippen LogP contribution < -0.4 is 15.4 Å². The number of hydrogen-bond donors (Lipinski definition) is 3. The average Bonchev–Trinajstić information content (AvgIpc) is 2.54. The van der Waals surface area contributed by atoms with Crippen LogP contribution >= 0.6 is 0 Å². The van der Waals surface area contributed by atoms with Crippen molar-refractivity contribution in [3.8, 4) is 5.75 Å². The molecule has 0 unspecified atom stereocenters. The molecule has 2 rings (SSSR count). The van der Waals surface area contributed by atoms with Crippen LogP contribution in [0.25, 0.3) is 0 Å². The number of anilines is 1. The highest BCUT2D eigenvalue weighted by atomic mass is 19.1. The third-order valence-electron chi connectivity index (χ3n) is 2.79. The Morgan fingerprint density at radius 1 is 1.14 bits per heavy atom. The summed E-state index contributed by atoms with van der Waals surface area (Å²) in [4.78, 5) is 11.6. The molecule has 0 spiro atoms. The van der Waals surface area contributed by atoms with Gasteiger partial charge >= 0.3 is 6.03 Å². The molecule has 0 saturated carbocycles. The normalized spacial score (nSPS) is 11.5. The van der Waals surface area contributed by atoms with Crippen LogP contribution in [0.2, 0.25) is 0 Å². The molecule has 2 aromatic rings. The lowest BCUT2D eigenvalue weighted by atomic mass is 10.3. The van der Waals surface area contributed by atoms with Crippen LogP contribution in [0.1, 0.15) is 0 Å². The zero-order valence-electron chi connectivity index (χ0n) is 11.8. The third-order valence-corrected chi connectivity index (χ3v) is 2.79. The van der Waals surface area contributed by atoms with Crippen LogP contribution in [0.15, 0.2) is 54.6 Å². The van der Waals surface area contributed by atoms with Gasteiger partial charge in [-0.2, -0.15) is 0 Å². The molecule has 0 aliphatic heterocycles. The highest BCUT2D eigenvalue weighted by molar-refractivity contribution is 5.89. The number of hydrogen-bond acceptors (Lipinski definition) is 3. The van der Waals surface area contributed by atoms with Crippen molar-refractivity contribution in [2.75, 3.05) is 18.5 Å². The molecule has 116 valence electrons. The fourth-order valence-corrected chi connectivity index (χ4v) is 1.69. The summed E-state index contributed by atoms with van der Waals surface area (Å²) in [5.74, 6) is 0.275. The lowest BCUT2D eigenvalue weighted by Crippen LogP contribution is -2.37. The maximum absolute atomic E-state index is 12.7. The van der Waals surface area contributed by atoms with Gasteiger partial charge < -0.3 is 20.5 Å². The predicted octanol–water partition coefficient (Wildman–Crippen LogP) is 2.39. The monoisotopic (exact) mass is 304 g/mol. The molecule has 0 radical (unpaired) electrons. The number of rotatable bonds is 6. The molecule has 1 atom stereocenters. The molecular weight excluding hydrogens is 287 g/mol. The third kappa shape index (κ3) is 5.41. The molecule has 0 fully saturated rings. The van der Waals surface area contributed by atoms with Crippen LogP contribution in [-0.4, -0.2) is 30.4 Å². The smallest absolute Gasteiger partial charge is 0.319 e. The number of urea groups is 1. The van der Waals surface area contributed by atoms with E-state index in [0.717, 1.165) is 0 Å². The van der Waals surface area contributed by atoms with Gasteiger partial charge in [0.25, 0.3) is 0 Å². The van der Waals surface area contributed by atoms with Gasteiger partial charge in [-0.15, -0.1) is 0 Å². The highest BCUT2D eigenvalue weighted by Crippen LogP contribution is 2.09. The SMILES string of the molecule is O=C(NC[C@@H](O)COc1ccccc1)Nc1ccc(F)cc1. The van der Waals surface area contributed by atoms with Gasteiger partial charge in [-0.3, -0.25) is 0 Å². The van der Waals surface area contributed by atoms with E-state index in [4.69, 9.17) is 4.74 Å². The number of halogens is 1. The number of ether oxygens (including phenoxy) is 1. The second-order valence-electron chi connectivity index (χ2n) is 4.62. The first-order valence-corrected chi connectivity index (χ1v) is 6.80. The number of para-hydroxylation sites is 1. The van der Waals surface area contributed by atoms with E-state index in [9.17, 15) is 14.3 Å². The summed E-state index contributed by atoms with van der Waals surface area (Å²) in [6.45, 7) is 0.112. The molecule has 0 bridgehead atoms. The van der Waals surface area contributed by atoms with Crippen LogP contribution in [0.3, 0.4) is 0 Å². The summed E-state index contributed by atoms with van der Waals surface area (Å²) >= 11 is 0. The van der Waals surface area contributed by atoms with Crippen molar-refractivity contribution in [1.82, 2.24) is 5.32 Å². The van der Waals surface area contributed by atoms with Crippen molar-refractivity contribution in [2.24, 2.45) is 0 Å². The predicted molar refractivity (Wildman–Crippen MR) is 81.4 cm³/mol. The van der Waals surface area contributed by atoms with Gasteiger partial charge in [-0.1, -0.05) is 18.2 Å². The number of aliphatic hydroxyl groups is 1. The summed E-state index contributed by atoms with van der Waals surface area (Å²) in [6.07, 6.45) is -0.834. The minimum atomic E-state index is -0.834. The number of nitrogens with one attached hydrogen (secondary N) is 2. The van der Waals surface area contributed by atoms with Gasteiger partial charge in [0.15, 0.2) is 0 Å². The van der Waals surface area contributed by atoms with Gasteiger partial charge in [-0.05, 0) is 36.4 Å². The van der Waals surface area contributed by atoms with Gasteiger partial charge in [0.1, 0.15) is 24.3 Å². The Labute approximate surface area is 127 Å². The van der Waals surface area contributed by atoms with Gasteiger partial charge in [0.05, 0.1) is 0 Å². The molecule has 3 N–H and O–H groups in total. The van der Waals surface area contributed by atoms with Crippen molar-refractivity contribution in [3.05, 3.63) is 60.4 Å². The number of amides is 2. The Morgan fingerprint density at radius 2 is 1.82 bits per heavy atom. The van der Waals surface area contributed by atoms with E-state index < -0.39 is 12.1 Å². The molecule has 6 heteroatoms. The van der Waals surface area contributed by atoms with E-state index in [2.05, 4.69) is 10.6 Å². The Kier molecular flexibility index (Phi) is 5.73. The van der Waals surface area contributed by atoms with Crippen molar-refractivity contribution < 1.29 is 19.0 Å². The van der Waals surface area contributed by atoms with Crippen LogP contribution in [0, 0.1) is 5.82 Å². The largest absolute Gasteiger partial charge is 0.491 e. The van der Waals surface area contributed by atoms with Crippen LogP contribution in [0.4, 0.5) is 14.9 Å². The van der Waals surface area contributed by atoms with Crippen LogP contribution in [0.5, 0.6) is 5.75 Å². The second kappa shape index (κ2) is 7.99. The summed E-state index contributed by atoms with van der Waals surface area (Å²) < 4.78 is 18.1. The van der Waals surface area contributed by atoms with E-state index in [1.165, 1.54) is 24.3 Å². The molecular formula is C16H17FN2O3. The molecule has 0 aliphatic carbocycles. The van der Waals surface area contributed by atoms with E-state index in [1.54, 1.807) is 12.1 Å². The topological polar surface area (TPSA) is 70.6 Å². The molecule has 2 aromatic carbocycles. The Morgan fingerprint density at radius 3 is 2.50 bits per heavy atom. The molecule has 0 aromatic heterocycles. The van der Waals surface area contributed by atoms with E-state index in [0.29, 0.717) is 11.4 Å². The summed E-state index contributed by atoms with van der Waals surface area (Å²) in [7, 11) is 0. The minimum Gasteiger partial charge on any atom is -0.491 e. The summed E-state index contributed by atoms with van der Waals surface area (Å²) in [5.41, 5.74) is 0.467. The number of aliphatic hydroxyl groups excluding tert-OH is 1. The van der Waals surface area contributed by atoms with Gasteiger partial charge in [0, 0.05) is 12.2 Å². The first-order chi connectivity index (χ1) is 10.6. The lowest BCUT2D eigenvalue weighted by molar-refractivity contribution is 0.108. The highest BCUT2D eigenvalue weighted by Gasteiger charge is 2.08. The molecule has 5 nitrogen and oxygen atoms in total. The number of carbonyl (C=O) groups is 1. The van der Waals surface area contributed by atoms with Crippen molar-refractivity contribution in [1.29, 1.82) is 0 Å². The summed E-state index contributed by atoms with van der Waals surface area (Å²) in [5, 5.41) is 14.8. The first-order valence-electron chi connectivity index (χ1n) is 6.80. The maximum atomic E-state index is 12.7. The van der Waals surface area contributed by atoms with E-state index in [1.807, 2.05) is 18.2 Å². The Bertz CT molecular complexity index is 590. The number of benzene rings is 2. The molecule has 0 heterocycles. The Hall–Kier alpha value is -2.60. The van der Waals surface area contributed by atoms with Crippen molar-refractivity contribution >= 4 is 11.7 Å². The minimum absolute atomic E-state index is 0.0415. The molecule has 22 heavy (non-hydrogen) atoms. The fraction of sp³-hybridized carbons (Fsp3) is 0.188. The molecule has 0 saturated heterocycles. The lowest BCUT2D eigenvalue weighted by Gasteiger charge is -2.13. The number of carbonyl (C=O) groups excluding carboxylic acids is 1. The van der Waals surface area contributed by atoms with Gasteiger partial charge in [-0.25, -0.2) is 9.18 Å². The standard InChI is InChI=1S/C16H17FN2O3/c17-12-6-8-13(9-7-12)19-16(21)18-10-14(20)11-22-15-4-2-1-3-5-15/h1-9,14,20H,10-11H2,(H2,18,19,21)/t14-/m1/s1. The van der Waals surface area contributed by atoms with Gasteiger partial charge in [0.2, 0.25) is 0 Å². The summed E-state index contributed by atoms with van der Waals surface area (Å²) in [6, 6.07) is 14.0. The van der Waals surface area contributed by atoms with Crippen molar-refractivity contribution in [2.45, 2.75) is 6.10 Å². The first kappa shape index (κ1) is 15.8. The average molecular weight is 304 g/mol. The fourth-order valence-electron chi connectivity index (χ4n) is 1.69. The zero-order valence-corrected chi connectivity index (χ0v) is 11.8. The molecule has 2 amide bonds. The quantitative estimate of drug-likeness (QED) is 0.767.